The van der Waals surface area contributed by atoms with E-state index in [0.717, 1.165) is 0 Å². The van der Waals surface area contributed by atoms with Gasteiger partial charge in [0.2, 0.25) is 0 Å². The lowest BCUT2D eigenvalue weighted by atomic mass is 9.91. The molecule has 0 atom stereocenters. The van der Waals surface area contributed by atoms with Gasteiger partial charge in [0.05, 0.1) is 0 Å². The second-order valence-electron chi connectivity index (χ2n) is 5.68. The van der Waals surface area contributed by atoms with Crippen LogP contribution in [0.3, 0.4) is 0 Å². The Bertz CT molecular complexity index is 301. The van der Waals surface area contributed by atoms with Gasteiger partial charge in [-0.1, -0.05) is 0 Å². The fourth-order valence-electron chi connectivity index (χ4n) is 2.02. The van der Waals surface area contributed by atoms with Crippen LogP contribution in [0.25, 0.3) is 0 Å². The molecule has 0 bridgehead atoms. The number of nitrogens with zero attached hydrogens (tertiary/aromatic N) is 1. The second-order valence-corrected chi connectivity index (χ2v) is 5.68. The Labute approximate surface area is 108 Å². The summed E-state index contributed by atoms with van der Waals surface area (Å²) in [6.07, 6.45) is 1.24. The van der Waals surface area contributed by atoms with Crippen LogP contribution in [0.5, 0.6) is 0 Å². The van der Waals surface area contributed by atoms with Gasteiger partial charge in [0, 0.05) is 32.0 Å². The van der Waals surface area contributed by atoms with Crippen LogP contribution >= 0.6 is 0 Å². The van der Waals surface area contributed by atoms with E-state index in [1.54, 1.807) is 4.90 Å². The second kappa shape index (κ2) is 6.18. The standard InChI is InChI=1S/C13H23NO4/c1-13(2,3)18-12(17)14-7-4-10(5-8-14)11(16)6-9-15/h10,15H,4-9H2,1-3H3. The van der Waals surface area contributed by atoms with Gasteiger partial charge in [-0.3, -0.25) is 4.79 Å². The minimum atomic E-state index is -0.485. The number of ether oxygens (including phenoxy) is 1. The lowest BCUT2D eigenvalue weighted by Crippen LogP contribution is -2.43. The van der Waals surface area contributed by atoms with Gasteiger partial charge in [0.25, 0.3) is 0 Å². The molecule has 1 aliphatic rings. The van der Waals surface area contributed by atoms with Crippen LogP contribution in [-0.2, 0) is 9.53 Å². The summed E-state index contributed by atoms with van der Waals surface area (Å²) < 4.78 is 5.28. The molecule has 5 heteroatoms. The molecular formula is C13H23NO4. The van der Waals surface area contributed by atoms with E-state index >= 15 is 0 Å². The molecule has 0 aromatic heterocycles. The molecule has 18 heavy (non-hydrogen) atoms. The average molecular weight is 257 g/mol. The Kier molecular flexibility index (Phi) is 5.14. The number of carbonyl (C=O) groups excluding carboxylic acids is 2. The van der Waals surface area contributed by atoms with Crippen molar-refractivity contribution in [1.29, 1.82) is 0 Å². The van der Waals surface area contributed by atoms with E-state index in [-0.39, 0.29) is 30.8 Å². The zero-order valence-electron chi connectivity index (χ0n) is 11.4. The first-order valence-corrected chi connectivity index (χ1v) is 6.45. The largest absolute Gasteiger partial charge is 0.444 e. The van der Waals surface area contributed by atoms with Gasteiger partial charge in [-0.05, 0) is 33.6 Å². The van der Waals surface area contributed by atoms with Crippen molar-refractivity contribution in [3.8, 4) is 0 Å². The van der Waals surface area contributed by atoms with Crippen LogP contribution in [0.1, 0.15) is 40.0 Å². The predicted molar refractivity (Wildman–Crippen MR) is 67.2 cm³/mol. The molecule has 0 aliphatic carbocycles. The van der Waals surface area contributed by atoms with Crippen molar-refractivity contribution in [2.24, 2.45) is 5.92 Å². The molecule has 1 amide bonds. The van der Waals surface area contributed by atoms with Crippen LogP contribution in [0.15, 0.2) is 0 Å². The van der Waals surface area contributed by atoms with Gasteiger partial charge in [-0.15, -0.1) is 0 Å². The lowest BCUT2D eigenvalue weighted by molar-refractivity contribution is -0.124. The number of aliphatic hydroxyl groups excluding tert-OH is 1. The normalized spacial score (nSPS) is 17.7. The number of amides is 1. The summed E-state index contributed by atoms with van der Waals surface area (Å²) in [7, 11) is 0. The molecule has 0 radical (unpaired) electrons. The van der Waals surface area contributed by atoms with Gasteiger partial charge >= 0.3 is 6.09 Å². The molecule has 1 saturated heterocycles. The first-order valence-electron chi connectivity index (χ1n) is 6.45. The Morgan fingerprint density at radius 1 is 1.28 bits per heavy atom. The summed E-state index contributed by atoms with van der Waals surface area (Å²) in [6.45, 7) is 6.52. The number of aliphatic hydroxyl groups is 1. The number of rotatable bonds is 3. The summed E-state index contributed by atoms with van der Waals surface area (Å²) in [5, 5.41) is 8.73. The fraction of sp³-hybridized carbons (Fsp3) is 0.846. The van der Waals surface area contributed by atoms with Crippen molar-refractivity contribution in [2.75, 3.05) is 19.7 Å². The van der Waals surface area contributed by atoms with E-state index in [4.69, 9.17) is 9.84 Å². The predicted octanol–water partition coefficient (Wildman–Crippen LogP) is 1.58. The lowest BCUT2D eigenvalue weighted by Gasteiger charge is -2.32. The van der Waals surface area contributed by atoms with E-state index in [0.29, 0.717) is 25.9 Å². The fourth-order valence-corrected chi connectivity index (χ4v) is 2.02. The number of likely N-dealkylation sites (tertiary alicyclic amines) is 1. The molecule has 1 rings (SSSR count). The maximum atomic E-state index is 11.8. The number of hydrogen-bond donors (Lipinski definition) is 1. The Morgan fingerprint density at radius 2 is 1.83 bits per heavy atom. The average Bonchev–Trinajstić information content (AvgIpc) is 2.27. The van der Waals surface area contributed by atoms with Gasteiger partial charge in [-0.25, -0.2) is 4.79 Å². The Hall–Kier alpha value is -1.10. The highest BCUT2D eigenvalue weighted by Gasteiger charge is 2.29. The zero-order valence-corrected chi connectivity index (χ0v) is 11.4. The summed E-state index contributed by atoms with van der Waals surface area (Å²) in [6, 6.07) is 0. The maximum Gasteiger partial charge on any atom is 0.410 e. The third-order valence-corrected chi connectivity index (χ3v) is 2.96. The van der Waals surface area contributed by atoms with E-state index < -0.39 is 5.60 Å². The van der Waals surface area contributed by atoms with E-state index in [1.807, 2.05) is 20.8 Å². The van der Waals surface area contributed by atoms with Crippen LogP contribution in [0, 0.1) is 5.92 Å². The van der Waals surface area contributed by atoms with E-state index in [2.05, 4.69) is 0 Å². The van der Waals surface area contributed by atoms with Crippen molar-refractivity contribution in [3.63, 3.8) is 0 Å². The van der Waals surface area contributed by atoms with Gasteiger partial charge < -0.3 is 14.7 Å². The summed E-state index contributed by atoms with van der Waals surface area (Å²) in [4.78, 5) is 25.1. The number of ketones is 1. The van der Waals surface area contributed by atoms with Crippen LogP contribution in [0.2, 0.25) is 0 Å². The molecule has 104 valence electrons. The first kappa shape index (κ1) is 15.0. The molecule has 0 spiro atoms. The topological polar surface area (TPSA) is 66.8 Å². The van der Waals surface area contributed by atoms with E-state index in [9.17, 15) is 9.59 Å². The van der Waals surface area contributed by atoms with Gasteiger partial charge in [0.1, 0.15) is 11.4 Å². The molecule has 1 N–H and O–H groups in total. The minimum absolute atomic E-state index is 0.0177. The quantitative estimate of drug-likeness (QED) is 0.833. The number of Topliss-reactive ketones (excluding diaryl/α,β-unsaturated/α-hetero) is 1. The van der Waals surface area contributed by atoms with Crippen molar-refractivity contribution < 1.29 is 19.4 Å². The molecule has 0 aromatic rings. The van der Waals surface area contributed by atoms with Crippen LogP contribution in [0.4, 0.5) is 4.79 Å². The third-order valence-electron chi connectivity index (χ3n) is 2.96. The minimum Gasteiger partial charge on any atom is -0.444 e. The van der Waals surface area contributed by atoms with Crippen LogP contribution in [-0.4, -0.2) is 47.2 Å². The first-order chi connectivity index (χ1) is 8.33. The van der Waals surface area contributed by atoms with Crippen molar-refractivity contribution >= 4 is 11.9 Å². The molecule has 1 aliphatic heterocycles. The smallest absolute Gasteiger partial charge is 0.410 e. The zero-order chi connectivity index (χ0) is 13.8. The van der Waals surface area contributed by atoms with Gasteiger partial charge in [0.15, 0.2) is 0 Å². The summed E-state index contributed by atoms with van der Waals surface area (Å²) in [5.74, 6) is 0.0807. The van der Waals surface area contributed by atoms with Gasteiger partial charge in [-0.2, -0.15) is 0 Å². The van der Waals surface area contributed by atoms with Crippen molar-refractivity contribution in [2.45, 2.75) is 45.6 Å². The molecule has 0 aromatic carbocycles. The highest BCUT2D eigenvalue weighted by atomic mass is 16.6. The monoisotopic (exact) mass is 257 g/mol. The number of piperidine rings is 1. The molecule has 0 saturated carbocycles. The third kappa shape index (κ3) is 4.64. The highest BCUT2D eigenvalue weighted by molar-refractivity contribution is 5.81. The highest BCUT2D eigenvalue weighted by Crippen LogP contribution is 2.21. The molecular weight excluding hydrogens is 234 g/mol. The Balaban J connectivity index is 2.39. The summed E-state index contributed by atoms with van der Waals surface area (Å²) in [5.41, 5.74) is -0.485. The maximum absolute atomic E-state index is 11.8. The molecule has 5 nitrogen and oxygen atoms in total. The number of hydrogen-bond acceptors (Lipinski definition) is 4. The molecule has 1 heterocycles. The van der Waals surface area contributed by atoms with Crippen molar-refractivity contribution in [3.05, 3.63) is 0 Å². The van der Waals surface area contributed by atoms with Crippen LogP contribution < -0.4 is 0 Å². The van der Waals surface area contributed by atoms with E-state index in [1.165, 1.54) is 0 Å². The Morgan fingerprint density at radius 3 is 2.28 bits per heavy atom. The number of carbonyl (C=O) groups is 2. The molecule has 1 fully saturated rings. The summed E-state index contributed by atoms with van der Waals surface area (Å²) >= 11 is 0. The molecule has 0 unspecified atom stereocenters. The van der Waals surface area contributed by atoms with Crippen molar-refractivity contribution in [1.82, 2.24) is 4.90 Å². The SMILES string of the molecule is CC(C)(C)OC(=O)N1CCC(C(=O)CCO)CC1.